The highest BCUT2D eigenvalue weighted by molar-refractivity contribution is 14.1. The molecule has 0 bridgehead atoms. The Bertz CT molecular complexity index is 649. The molecule has 2 aromatic rings. The summed E-state index contributed by atoms with van der Waals surface area (Å²) in [6, 6.07) is 14.7. The molecule has 0 aromatic heterocycles. The summed E-state index contributed by atoms with van der Waals surface area (Å²) >= 11 is 10.7. The zero-order valence-electron chi connectivity index (χ0n) is 10.2. The predicted octanol–water partition coefficient (Wildman–Crippen LogP) is 4.18. The van der Waals surface area contributed by atoms with Crippen molar-refractivity contribution in [2.45, 2.75) is 0 Å². The largest absolute Gasteiger partial charge is 0.332 e. The Hall–Kier alpha value is -0.990. The first-order chi connectivity index (χ1) is 9.56. The van der Waals surface area contributed by atoms with Crippen LogP contribution in [0.3, 0.4) is 0 Å². The number of benzene rings is 2. The fourth-order valence-electron chi connectivity index (χ4n) is 1.51. The summed E-state index contributed by atoms with van der Waals surface area (Å²) in [5, 5.41) is 5.94. The fourth-order valence-corrected chi connectivity index (χ4v) is 3.15. The van der Waals surface area contributed by atoms with E-state index in [9.17, 15) is 4.79 Å². The quantitative estimate of drug-likeness (QED) is 0.521. The van der Waals surface area contributed by atoms with E-state index < -0.39 is 0 Å². The summed E-state index contributed by atoms with van der Waals surface area (Å²) in [5.74, 6) is -0.227. The van der Waals surface area contributed by atoms with Gasteiger partial charge < -0.3 is 5.32 Å². The van der Waals surface area contributed by atoms with Gasteiger partial charge in [0.2, 0.25) is 0 Å². The van der Waals surface area contributed by atoms with Gasteiger partial charge in [-0.15, -0.1) is 0 Å². The topological polar surface area (TPSA) is 41.1 Å². The predicted molar refractivity (Wildman–Crippen MR) is 97.0 cm³/mol. The van der Waals surface area contributed by atoms with Crippen LogP contribution >= 0.6 is 50.7 Å². The number of thiocarbonyl (C=S) groups is 1. The number of rotatable bonds is 2. The van der Waals surface area contributed by atoms with Crippen LogP contribution < -0.4 is 10.6 Å². The third kappa shape index (κ3) is 4.26. The van der Waals surface area contributed by atoms with Crippen molar-refractivity contribution in [2.24, 2.45) is 0 Å². The van der Waals surface area contributed by atoms with E-state index in [-0.39, 0.29) is 11.0 Å². The number of anilines is 1. The minimum absolute atomic E-state index is 0.227. The summed E-state index contributed by atoms with van der Waals surface area (Å²) in [7, 11) is 0. The average molecular weight is 461 g/mol. The molecule has 0 heterocycles. The Morgan fingerprint density at radius 1 is 1.15 bits per heavy atom. The van der Waals surface area contributed by atoms with E-state index in [0.29, 0.717) is 5.56 Å². The van der Waals surface area contributed by atoms with Crippen molar-refractivity contribution in [1.29, 1.82) is 0 Å². The van der Waals surface area contributed by atoms with Gasteiger partial charge in [-0.1, -0.05) is 34.1 Å². The van der Waals surface area contributed by atoms with E-state index >= 15 is 0 Å². The number of carbonyl (C=O) groups is 1. The van der Waals surface area contributed by atoms with E-state index in [1.54, 1.807) is 12.1 Å². The summed E-state index contributed by atoms with van der Waals surface area (Å²) in [6.07, 6.45) is 0. The normalized spacial score (nSPS) is 9.90. The van der Waals surface area contributed by atoms with E-state index in [1.807, 2.05) is 36.4 Å². The molecule has 2 aromatic carbocycles. The first kappa shape index (κ1) is 15.4. The highest BCUT2D eigenvalue weighted by Crippen LogP contribution is 2.22. The molecule has 0 saturated carbocycles. The fraction of sp³-hybridized carbons (Fsp3) is 0. The zero-order valence-corrected chi connectivity index (χ0v) is 14.8. The van der Waals surface area contributed by atoms with Gasteiger partial charge in [-0.05, 0) is 65.1 Å². The zero-order chi connectivity index (χ0) is 14.5. The van der Waals surface area contributed by atoms with Crippen LogP contribution in [-0.2, 0) is 0 Å². The number of hydrogen-bond donors (Lipinski definition) is 2. The standard InChI is InChI=1S/C14H10BrIN2OS/c15-10-6-7-12(11(16)8-10)17-14(20)18-13(19)9-4-2-1-3-5-9/h1-8H,(H2,17,18,19,20). The first-order valence-corrected chi connectivity index (χ1v) is 7.96. The van der Waals surface area contributed by atoms with Gasteiger partial charge >= 0.3 is 0 Å². The van der Waals surface area contributed by atoms with Crippen LogP contribution in [0, 0.1) is 3.57 Å². The lowest BCUT2D eigenvalue weighted by atomic mass is 10.2. The molecule has 3 nitrogen and oxygen atoms in total. The van der Waals surface area contributed by atoms with E-state index in [4.69, 9.17) is 12.2 Å². The maximum absolute atomic E-state index is 11.9. The molecule has 0 aliphatic carbocycles. The molecule has 0 aliphatic heterocycles. The van der Waals surface area contributed by atoms with Crippen molar-refractivity contribution in [2.75, 3.05) is 5.32 Å². The van der Waals surface area contributed by atoms with Crippen LogP contribution in [0.5, 0.6) is 0 Å². The van der Waals surface area contributed by atoms with Gasteiger partial charge in [-0.2, -0.15) is 0 Å². The number of hydrogen-bond acceptors (Lipinski definition) is 2. The summed E-state index contributed by atoms with van der Waals surface area (Å²) in [6.45, 7) is 0. The van der Waals surface area contributed by atoms with E-state index in [2.05, 4.69) is 49.2 Å². The molecule has 0 unspecified atom stereocenters. The summed E-state index contributed by atoms with van der Waals surface area (Å²) in [4.78, 5) is 11.9. The highest BCUT2D eigenvalue weighted by Gasteiger charge is 2.08. The Labute approximate surface area is 144 Å². The van der Waals surface area contributed by atoms with Crippen LogP contribution in [0.25, 0.3) is 0 Å². The number of amides is 1. The third-order valence-electron chi connectivity index (χ3n) is 2.44. The van der Waals surface area contributed by atoms with Gasteiger partial charge in [-0.25, -0.2) is 0 Å². The van der Waals surface area contributed by atoms with Crippen molar-refractivity contribution in [3.63, 3.8) is 0 Å². The van der Waals surface area contributed by atoms with Gasteiger partial charge in [0.25, 0.3) is 5.91 Å². The van der Waals surface area contributed by atoms with Gasteiger partial charge in [0.15, 0.2) is 5.11 Å². The van der Waals surface area contributed by atoms with Crippen molar-refractivity contribution < 1.29 is 4.79 Å². The number of carbonyl (C=O) groups excluding carboxylic acids is 1. The summed E-state index contributed by atoms with van der Waals surface area (Å²) < 4.78 is 2.00. The lowest BCUT2D eigenvalue weighted by Gasteiger charge is -2.11. The second-order valence-corrected chi connectivity index (χ2v) is 6.38. The van der Waals surface area contributed by atoms with Gasteiger partial charge in [0.1, 0.15) is 0 Å². The van der Waals surface area contributed by atoms with Crippen LogP contribution in [-0.4, -0.2) is 11.0 Å². The molecule has 102 valence electrons. The SMILES string of the molecule is O=C(NC(=S)Nc1ccc(Br)cc1I)c1ccccc1. The molecular weight excluding hydrogens is 451 g/mol. The molecule has 0 saturated heterocycles. The van der Waals surface area contributed by atoms with Crippen LogP contribution in [0.15, 0.2) is 53.0 Å². The Morgan fingerprint density at radius 3 is 2.50 bits per heavy atom. The smallest absolute Gasteiger partial charge is 0.257 e. The molecule has 0 atom stereocenters. The van der Waals surface area contributed by atoms with Crippen LogP contribution in [0.4, 0.5) is 5.69 Å². The molecule has 20 heavy (non-hydrogen) atoms. The monoisotopic (exact) mass is 460 g/mol. The molecule has 1 amide bonds. The van der Waals surface area contributed by atoms with Crippen molar-refractivity contribution in [3.05, 3.63) is 62.1 Å². The minimum atomic E-state index is -0.227. The molecule has 6 heteroatoms. The maximum atomic E-state index is 11.9. The van der Waals surface area contributed by atoms with Crippen molar-refractivity contribution >= 4 is 67.4 Å². The minimum Gasteiger partial charge on any atom is -0.332 e. The lowest BCUT2D eigenvalue weighted by molar-refractivity contribution is 0.0978. The summed E-state index contributed by atoms with van der Waals surface area (Å²) in [5.41, 5.74) is 1.43. The average Bonchev–Trinajstić information content (AvgIpc) is 2.43. The Kier molecular flexibility index (Phi) is 5.50. The molecule has 0 spiro atoms. The van der Waals surface area contributed by atoms with Gasteiger partial charge in [0.05, 0.1) is 5.69 Å². The Morgan fingerprint density at radius 2 is 1.85 bits per heavy atom. The van der Waals surface area contributed by atoms with Crippen LogP contribution in [0.2, 0.25) is 0 Å². The van der Waals surface area contributed by atoms with Crippen molar-refractivity contribution in [1.82, 2.24) is 5.32 Å². The lowest BCUT2D eigenvalue weighted by Crippen LogP contribution is -2.34. The molecular formula is C14H10BrIN2OS. The van der Waals surface area contributed by atoms with Crippen LogP contribution in [0.1, 0.15) is 10.4 Å². The van der Waals surface area contributed by atoms with Gasteiger partial charge in [-0.3, -0.25) is 10.1 Å². The number of nitrogens with one attached hydrogen (secondary N) is 2. The van der Waals surface area contributed by atoms with Crippen molar-refractivity contribution in [3.8, 4) is 0 Å². The van der Waals surface area contributed by atoms with E-state index in [1.165, 1.54) is 0 Å². The highest BCUT2D eigenvalue weighted by atomic mass is 127. The first-order valence-electron chi connectivity index (χ1n) is 5.68. The molecule has 0 radical (unpaired) electrons. The molecule has 2 N–H and O–H groups in total. The van der Waals surface area contributed by atoms with E-state index in [0.717, 1.165) is 13.7 Å². The van der Waals surface area contributed by atoms with Gasteiger partial charge in [0, 0.05) is 13.6 Å². The maximum Gasteiger partial charge on any atom is 0.257 e. The third-order valence-corrected chi connectivity index (χ3v) is 4.03. The second kappa shape index (κ2) is 7.14. The number of halogens is 2. The molecule has 2 rings (SSSR count). The molecule has 0 fully saturated rings. The Balaban J connectivity index is 2.01. The second-order valence-electron chi connectivity index (χ2n) is 3.90. The molecule has 0 aliphatic rings.